The van der Waals surface area contributed by atoms with Crippen LogP contribution in [-0.2, 0) is 0 Å². The minimum Gasteiger partial charge on any atom is -0.466 e. The van der Waals surface area contributed by atoms with Gasteiger partial charge in [-0.2, -0.15) is 0 Å². The van der Waals surface area contributed by atoms with Crippen molar-refractivity contribution >= 4 is 11.3 Å². The highest BCUT2D eigenvalue weighted by atomic mass is 32.1. The SMILES string of the molecule is Cc1csc(Oc2ccc(-c3c(C)oc(C)cc3=O)cc2)c1. The summed E-state index contributed by atoms with van der Waals surface area (Å²) in [7, 11) is 0. The Bertz CT molecular complexity index is 857. The van der Waals surface area contributed by atoms with Crippen LogP contribution in [0.2, 0.25) is 0 Å². The molecule has 0 spiro atoms. The Morgan fingerprint density at radius 1 is 1.05 bits per heavy atom. The van der Waals surface area contributed by atoms with Crippen molar-refractivity contribution in [3.63, 3.8) is 0 Å². The van der Waals surface area contributed by atoms with Crippen LogP contribution in [0, 0.1) is 20.8 Å². The van der Waals surface area contributed by atoms with Gasteiger partial charge in [-0.1, -0.05) is 12.1 Å². The summed E-state index contributed by atoms with van der Waals surface area (Å²) in [5.41, 5.74) is 2.60. The lowest BCUT2D eigenvalue weighted by Gasteiger charge is -2.07. The van der Waals surface area contributed by atoms with Crippen LogP contribution in [0.3, 0.4) is 0 Å². The van der Waals surface area contributed by atoms with Crippen molar-refractivity contribution in [2.75, 3.05) is 0 Å². The van der Waals surface area contributed by atoms with Crippen LogP contribution in [0.4, 0.5) is 0 Å². The van der Waals surface area contributed by atoms with E-state index in [1.54, 1.807) is 18.3 Å². The lowest BCUT2D eigenvalue weighted by atomic mass is 10.0. The normalized spacial score (nSPS) is 10.7. The quantitative estimate of drug-likeness (QED) is 0.676. The van der Waals surface area contributed by atoms with Crippen molar-refractivity contribution in [2.45, 2.75) is 20.8 Å². The molecule has 112 valence electrons. The molecule has 2 heterocycles. The zero-order chi connectivity index (χ0) is 15.7. The summed E-state index contributed by atoms with van der Waals surface area (Å²) >= 11 is 1.56. The molecule has 3 nitrogen and oxygen atoms in total. The molecule has 0 aliphatic heterocycles. The van der Waals surface area contributed by atoms with Gasteiger partial charge in [-0.3, -0.25) is 4.79 Å². The molecule has 0 radical (unpaired) electrons. The fourth-order valence-electron chi connectivity index (χ4n) is 2.36. The lowest BCUT2D eigenvalue weighted by molar-refractivity contribution is 0.486. The van der Waals surface area contributed by atoms with E-state index >= 15 is 0 Å². The van der Waals surface area contributed by atoms with E-state index in [2.05, 4.69) is 0 Å². The van der Waals surface area contributed by atoms with E-state index in [4.69, 9.17) is 9.15 Å². The van der Waals surface area contributed by atoms with Crippen LogP contribution in [0.25, 0.3) is 11.1 Å². The summed E-state index contributed by atoms with van der Waals surface area (Å²) in [5.74, 6) is 2.01. The van der Waals surface area contributed by atoms with E-state index < -0.39 is 0 Å². The Balaban J connectivity index is 1.90. The van der Waals surface area contributed by atoms with E-state index in [-0.39, 0.29) is 5.43 Å². The molecule has 0 aliphatic rings. The van der Waals surface area contributed by atoms with E-state index in [0.29, 0.717) is 17.1 Å². The topological polar surface area (TPSA) is 39.4 Å². The highest BCUT2D eigenvalue weighted by Gasteiger charge is 2.10. The second-order valence-corrected chi connectivity index (χ2v) is 6.10. The van der Waals surface area contributed by atoms with Crippen molar-refractivity contribution < 1.29 is 9.15 Å². The third kappa shape index (κ3) is 2.97. The Kier molecular flexibility index (Phi) is 3.86. The number of thiophene rings is 1. The standard InChI is InChI=1S/C18H16O3S/c1-11-8-17(22-10-11)21-15-6-4-14(5-7-15)18-13(3)20-12(2)9-16(18)19/h4-10H,1-3H3. The van der Waals surface area contributed by atoms with Crippen molar-refractivity contribution in [3.8, 4) is 21.9 Å². The third-order valence-corrected chi connectivity index (χ3v) is 4.24. The van der Waals surface area contributed by atoms with Crippen LogP contribution in [0.15, 0.2) is 51.0 Å². The van der Waals surface area contributed by atoms with E-state index in [1.165, 1.54) is 11.6 Å². The molecule has 0 bridgehead atoms. The van der Waals surface area contributed by atoms with Crippen LogP contribution in [-0.4, -0.2) is 0 Å². The smallest absolute Gasteiger partial charge is 0.193 e. The van der Waals surface area contributed by atoms with E-state index in [9.17, 15) is 4.79 Å². The maximum Gasteiger partial charge on any atom is 0.193 e. The fraction of sp³-hybridized carbons (Fsp3) is 0.167. The van der Waals surface area contributed by atoms with Crippen LogP contribution in [0.5, 0.6) is 10.8 Å². The molecule has 0 atom stereocenters. The Morgan fingerprint density at radius 2 is 1.77 bits per heavy atom. The molecule has 0 N–H and O–H groups in total. The van der Waals surface area contributed by atoms with Crippen LogP contribution in [0.1, 0.15) is 17.1 Å². The number of aryl methyl sites for hydroxylation is 3. The summed E-state index contributed by atoms with van der Waals surface area (Å²) in [6.07, 6.45) is 0. The molecule has 0 saturated heterocycles. The van der Waals surface area contributed by atoms with Gasteiger partial charge < -0.3 is 9.15 Å². The van der Waals surface area contributed by atoms with Crippen molar-refractivity contribution in [1.29, 1.82) is 0 Å². The first-order valence-corrected chi connectivity index (χ1v) is 7.85. The molecule has 1 aromatic carbocycles. The largest absolute Gasteiger partial charge is 0.466 e. The maximum atomic E-state index is 12.2. The Morgan fingerprint density at radius 3 is 2.36 bits per heavy atom. The van der Waals surface area contributed by atoms with E-state index in [0.717, 1.165) is 16.4 Å². The minimum absolute atomic E-state index is 0.0243. The van der Waals surface area contributed by atoms with Gasteiger partial charge in [0.05, 0.1) is 5.56 Å². The van der Waals surface area contributed by atoms with Gasteiger partial charge in [-0.05, 0) is 55.5 Å². The molecular formula is C18H16O3S. The molecule has 3 rings (SSSR count). The maximum absolute atomic E-state index is 12.2. The number of benzene rings is 1. The van der Waals surface area contributed by atoms with Crippen molar-refractivity contribution in [3.05, 3.63) is 69.1 Å². The summed E-state index contributed by atoms with van der Waals surface area (Å²) in [6, 6.07) is 11.0. The Hall–Kier alpha value is -2.33. The second kappa shape index (κ2) is 5.81. The molecule has 4 heteroatoms. The zero-order valence-electron chi connectivity index (χ0n) is 12.7. The van der Waals surface area contributed by atoms with Gasteiger partial charge in [0.2, 0.25) is 0 Å². The zero-order valence-corrected chi connectivity index (χ0v) is 13.5. The minimum atomic E-state index is -0.0243. The summed E-state index contributed by atoms with van der Waals surface area (Å²) in [5, 5.41) is 2.90. The number of hydrogen-bond acceptors (Lipinski definition) is 4. The van der Waals surface area contributed by atoms with Gasteiger partial charge in [0.25, 0.3) is 0 Å². The molecule has 0 amide bonds. The van der Waals surface area contributed by atoms with Gasteiger partial charge in [0, 0.05) is 6.07 Å². The van der Waals surface area contributed by atoms with Gasteiger partial charge in [0.1, 0.15) is 17.3 Å². The average Bonchev–Trinajstić information content (AvgIpc) is 2.85. The second-order valence-electron chi connectivity index (χ2n) is 5.22. The van der Waals surface area contributed by atoms with Crippen molar-refractivity contribution in [2.24, 2.45) is 0 Å². The fourth-order valence-corrected chi connectivity index (χ4v) is 3.13. The Labute approximate surface area is 132 Å². The van der Waals surface area contributed by atoms with E-state index in [1.807, 2.05) is 49.6 Å². The highest BCUT2D eigenvalue weighted by molar-refractivity contribution is 7.12. The molecule has 2 aromatic heterocycles. The first-order chi connectivity index (χ1) is 10.5. The molecule has 22 heavy (non-hydrogen) atoms. The number of ether oxygens (including phenoxy) is 1. The predicted molar refractivity (Wildman–Crippen MR) is 89.0 cm³/mol. The van der Waals surface area contributed by atoms with Gasteiger partial charge in [-0.15, -0.1) is 11.3 Å². The predicted octanol–water partition coefficient (Wildman–Crippen LogP) is 5.09. The van der Waals surface area contributed by atoms with Gasteiger partial charge in [0.15, 0.2) is 10.5 Å². The molecule has 0 fully saturated rings. The average molecular weight is 312 g/mol. The first-order valence-electron chi connectivity index (χ1n) is 6.98. The summed E-state index contributed by atoms with van der Waals surface area (Å²) in [4.78, 5) is 12.2. The van der Waals surface area contributed by atoms with Crippen LogP contribution < -0.4 is 10.2 Å². The molecule has 3 aromatic rings. The summed E-state index contributed by atoms with van der Waals surface area (Å²) in [6.45, 7) is 5.62. The van der Waals surface area contributed by atoms with Crippen LogP contribution >= 0.6 is 11.3 Å². The first kappa shape index (κ1) is 14.6. The molecule has 0 saturated carbocycles. The highest BCUT2D eigenvalue weighted by Crippen LogP contribution is 2.30. The van der Waals surface area contributed by atoms with Gasteiger partial charge in [-0.25, -0.2) is 0 Å². The third-order valence-electron chi connectivity index (χ3n) is 3.31. The number of rotatable bonds is 3. The molecule has 0 unspecified atom stereocenters. The lowest BCUT2D eigenvalue weighted by Crippen LogP contribution is -2.06. The monoisotopic (exact) mass is 312 g/mol. The molecular weight excluding hydrogens is 296 g/mol. The number of hydrogen-bond donors (Lipinski definition) is 0. The van der Waals surface area contributed by atoms with Crippen molar-refractivity contribution in [1.82, 2.24) is 0 Å². The molecule has 0 aliphatic carbocycles. The summed E-state index contributed by atoms with van der Waals surface area (Å²) < 4.78 is 11.3. The van der Waals surface area contributed by atoms with Gasteiger partial charge >= 0.3 is 0 Å².